The van der Waals surface area contributed by atoms with Gasteiger partial charge in [0.15, 0.2) is 5.67 Å². The van der Waals surface area contributed by atoms with Gasteiger partial charge in [-0.1, -0.05) is 31.0 Å². The Morgan fingerprint density at radius 2 is 1.79 bits per heavy atom. The molecule has 0 fully saturated rings. The van der Waals surface area contributed by atoms with Crippen molar-refractivity contribution in [3.63, 3.8) is 0 Å². The highest BCUT2D eigenvalue weighted by atomic mass is 32.2. The van der Waals surface area contributed by atoms with Crippen LogP contribution in [0.5, 0.6) is 0 Å². The van der Waals surface area contributed by atoms with Crippen LogP contribution >= 0.6 is 0 Å². The van der Waals surface area contributed by atoms with Gasteiger partial charge in [-0.25, -0.2) is 4.39 Å². The second kappa shape index (κ2) is 10.1. The van der Waals surface area contributed by atoms with E-state index in [0.717, 1.165) is 18.4 Å². The number of aliphatic hydroxyl groups is 1. The van der Waals surface area contributed by atoms with Crippen LogP contribution in [0, 0.1) is 6.92 Å². The Hall–Kier alpha value is -1.02. The maximum atomic E-state index is 14.5. The number of aliphatic hydroxyl groups excluding tert-OH is 1. The predicted octanol–water partition coefficient (Wildman–Crippen LogP) is 3.00. The lowest BCUT2D eigenvalue weighted by Gasteiger charge is -2.22. The molecular formula is C17H27FO5S. The van der Waals surface area contributed by atoms with Crippen molar-refractivity contribution in [3.05, 3.63) is 29.8 Å². The third kappa shape index (κ3) is 7.25. The summed E-state index contributed by atoms with van der Waals surface area (Å²) in [5.41, 5.74) is -1.20. The van der Waals surface area contributed by atoms with Crippen molar-refractivity contribution in [2.45, 2.75) is 50.1 Å². The molecule has 1 aromatic carbocycles. The Balaban J connectivity index is 2.50. The maximum Gasteiger partial charge on any atom is 0.297 e. The molecule has 138 valence electrons. The van der Waals surface area contributed by atoms with Crippen LogP contribution in [0.4, 0.5) is 4.39 Å². The Morgan fingerprint density at radius 1 is 1.17 bits per heavy atom. The van der Waals surface area contributed by atoms with Gasteiger partial charge < -0.3 is 9.84 Å². The van der Waals surface area contributed by atoms with Gasteiger partial charge in [0.1, 0.15) is 6.61 Å². The minimum absolute atomic E-state index is 0.0287. The molecule has 7 heteroatoms. The molecule has 0 aromatic heterocycles. The van der Waals surface area contributed by atoms with E-state index in [2.05, 4.69) is 0 Å². The van der Waals surface area contributed by atoms with Crippen LogP contribution in [0.25, 0.3) is 0 Å². The lowest BCUT2D eigenvalue weighted by Crippen LogP contribution is -2.35. The average molecular weight is 362 g/mol. The molecule has 1 unspecified atom stereocenters. The zero-order valence-corrected chi connectivity index (χ0v) is 15.1. The molecule has 0 saturated heterocycles. The van der Waals surface area contributed by atoms with Crippen molar-refractivity contribution < 1.29 is 26.8 Å². The van der Waals surface area contributed by atoms with Crippen molar-refractivity contribution in [3.8, 4) is 0 Å². The molecule has 0 saturated carbocycles. The maximum absolute atomic E-state index is 14.5. The molecule has 0 heterocycles. The summed E-state index contributed by atoms with van der Waals surface area (Å²) in [4.78, 5) is -0.0312. The first-order valence-electron chi connectivity index (χ1n) is 8.16. The van der Waals surface area contributed by atoms with E-state index in [4.69, 9.17) is 8.92 Å². The molecular weight excluding hydrogens is 335 g/mol. The van der Waals surface area contributed by atoms with E-state index in [-0.39, 0.29) is 11.3 Å². The second-order valence-corrected chi connectivity index (χ2v) is 7.52. The van der Waals surface area contributed by atoms with Gasteiger partial charge in [-0.2, -0.15) is 8.42 Å². The zero-order chi connectivity index (χ0) is 18.1. The number of hydrogen-bond acceptors (Lipinski definition) is 5. The molecule has 24 heavy (non-hydrogen) atoms. The van der Waals surface area contributed by atoms with E-state index in [1.54, 1.807) is 12.1 Å². The number of unbranched alkanes of at least 4 members (excludes halogenated alkanes) is 1. The smallest absolute Gasteiger partial charge is 0.297 e. The Kier molecular flexibility index (Phi) is 8.83. The van der Waals surface area contributed by atoms with E-state index in [9.17, 15) is 17.9 Å². The van der Waals surface area contributed by atoms with E-state index >= 15 is 0 Å². The van der Waals surface area contributed by atoms with Crippen LogP contribution in [0.2, 0.25) is 0 Å². The summed E-state index contributed by atoms with van der Waals surface area (Å²) in [5, 5.41) is 9.24. The molecule has 1 N–H and O–H groups in total. The summed E-state index contributed by atoms with van der Waals surface area (Å²) < 4.78 is 48.8. The first-order chi connectivity index (χ1) is 11.3. The Labute approximate surface area is 143 Å². The van der Waals surface area contributed by atoms with Gasteiger partial charge in [0.05, 0.1) is 11.5 Å². The molecule has 5 nitrogen and oxygen atoms in total. The molecule has 1 aromatic rings. The number of ether oxygens (including phenoxy) is 1. The van der Waals surface area contributed by atoms with Crippen molar-refractivity contribution in [2.75, 3.05) is 26.4 Å². The van der Waals surface area contributed by atoms with Gasteiger partial charge in [0, 0.05) is 13.2 Å². The summed E-state index contributed by atoms with van der Waals surface area (Å²) in [6.45, 7) is 3.36. The first-order valence-corrected chi connectivity index (χ1v) is 9.57. The van der Waals surface area contributed by atoms with Gasteiger partial charge in [-0.05, 0) is 38.3 Å². The third-order valence-electron chi connectivity index (χ3n) is 3.62. The monoisotopic (exact) mass is 362 g/mol. The zero-order valence-electron chi connectivity index (χ0n) is 14.3. The van der Waals surface area contributed by atoms with E-state index in [0.29, 0.717) is 19.6 Å². The SMILES string of the molecule is CCCCOCCCC(F)(CO)COS(=O)(=O)c1ccc(C)cc1. The molecule has 0 spiro atoms. The van der Waals surface area contributed by atoms with Crippen molar-refractivity contribution in [1.29, 1.82) is 0 Å². The lowest BCUT2D eigenvalue weighted by atomic mass is 10.0. The highest BCUT2D eigenvalue weighted by molar-refractivity contribution is 7.86. The highest BCUT2D eigenvalue weighted by Gasteiger charge is 2.32. The van der Waals surface area contributed by atoms with Crippen LogP contribution in [0.1, 0.15) is 38.2 Å². The fraction of sp³-hybridized carbons (Fsp3) is 0.647. The molecule has 1 rings (SSSR count). The fourth-order valence-corrected chi connectivity index (χ4v) is 2.96. The highest BCUT2D eigenvalue weighted by Crippen LogP contribution is 2.22. The first kappa shape index (κ1) is 21.0. The summed E-state index contributed by atoms with van der Waals surface area (Å²) in [6, 6.07) is 6.09. The minimum Gasteiger partial charge on any atom is -0.393 e. The molecule has 0 bridgehead atoms. The van der Waals surface area contributed by atoms with E-state index in [1.165, 1.54) is 12.1 Å². The van der Waals surface area contributed by atoms with E-state index < -0.39 is 29.0 Å². The molecule has 0 amide bonds. The second-order valence-electron chi connectivity index (χ2n) is 5.91. The van der Waals surface area contributed by atoms with Gasteiger partial charge in [0.2, 0.25) is 0 Å². The standard InChI is InChI=1S/C17H27FO5S/c1-3-4-11-22-12-5-10-17(18,13-19)14-23-24(20,21)16-8-6-15(2)7-9-16/h6-9,19H,3-5,10-14H2,1-2H3. The Bertz CT molecular complexity index is 573. The summed E-state index contributed by atoms with van der Waals surface area (Å²) in [5.74, 6) is 0. The summed E-state index contributed by atoms with van der Waals surface area (Å²) in [7, 11) is -4.05. The lowest BCUT2D eigenvalue weighted by molar-refractivity contribution is 0.0116. The minimum atomic E-state index is -4.05. The van der Waals surface area contributed by atoms with Crippen LogP contribution in [0.3, 0.4) is 0 Å². The quantitative estimate of drug-likeness (QED) is 0.457. The number of benzene rings is 1. The normalized spacial score (nSPS) is 14.5. The fourth-order valence-electron chi connectivity index (χ4n) is 1.99. The van der Waals surface area contributed by atoms with E-state index in [1.807, 2.05) is 13.8 Å². The average Bonchev–Trinajstić information content (AvgIpc) is 2.57. The summed E-state index contributed by atoms with van der Waals surface area (Å²) in [6.07, 6.45) is 2.32. The third-order valence-corrected chi connectivity index (χ3v) is 4.90. The molecule has 0 radical (unpaired) electrons. The topological polar surface area (TPSA) is 72.8 Å². The molecule has 0 aliphatic heterocycles. The van der Waals surface area contributed by atoms with Gasteiger partial charge in [0.25, 0.3) is 10.1 Å². The van der Waals surface area contributed by atoms with Gasteiger partial charge in [-0.15, -0.1) is 0 Å². The summed E-state index contributed by atoms with van der Waals surface area (Å²) >= 11 is 0. The molecule has 0 aliphatic carbocycles. The van der Waals surface area contributed by atoms with Crippen molar-refractivity contribution in [1.82, 2.24) is 0 Å². The van der Waals surface area contributed by atoms with Crippen LogP contribution in [-0.2, 0) is 19.0 Å². The predicted molar refractivity (Wildman–Crippen MR) is 90.2 cm³/mol. The number of hydrogen-bond donors (Lipinski definition) is 1. The van der Waals surface area contributed by atoms with Crippen molar-refractivity contribution >= 4 is 10.1 Å². The number of halogens is 1. The largest absolute Gasteiger partial charge is 0.393 e. The van der Waals surface area contributed by atoms with Crippen LogP contribution in [-0.4, -0.2) is 45.6 Å². The van der Waals surface area contributed by atoms with Gasteiger partial charge in [-0.3, -0.25) is 4.18 Å². The van der Waals surface area contributed by atoms with Gasteiger partial charge >= 0.3 is 0 Å². The Morgan fingerprint density at radius 3 is 2.38 bits per heavy atom. The number of alkyl halides is 1. The molecule has 0 aliphatic rings. The number of aryl methyl sites for hydroxylation is 1. The molecule has 1 atom stereocenters. The number of rotatable bonds is 12. The van der Waals surface area contributed by atoms with Crippen molar-refractivity contribution in [2.24, 2.45) is 0 Å². The van der Waals surface area contributed by atoms with Crippen LogP contribution < -0.4 is 0 Å². The van der Waals surface area contributed by atoms with Crippen LogP contribution in [0.15, 0.2) is 29.2 Å².